The van der Waals surface area contributed by atoms with Crippen LogP contribution in [-0.4, -0.2) is 27.9 Å². The van der Waals surface area contributed by atoms with Gasteiger partial charge < -0.3 is 10.2 Å². The molecule has 0 unspecified atom stereocenters. The molecule has 3 aromatic rings. The first-order valence-corrected chi connectivity index (χ1v) is 10.3. The Bertz CT molecular complexity index is 978. The quantitative estimate of drug-likeness (QED) is 0.640. The monoisotopic (exact) mass is 400 g/mol. The Morgan fingerprint density at radius 1 is 1.30 bits per heavy atom. The van der Waals surface area contributed by atoms with E-state index in [0.717, 1.165) is 12.1 Å². The number of nitrogens with one attached hydrogen (secondary N) is 1. The average molecular weight is 401 g/mol. The number of halogens is 1. The molecule has 8 heteroatoms. The Morgan fingerprint density at radius 3 is 3.00 bits per heavy atom. The Labute approximate surface area is 164 Å². The van der Waals surface area contributed by atoms with Crippen molar-refractivity contribution in [3.8, 4) is 0 Å². The molecule has 1 atom stereocenters. The van der Waals surface area contributed by atoms with Crippen LogP contribution in [0.5, 0.6) is 0 Å². The van der Waals surface area contributed by atoms with Crippen LogP contribution in [0.15, 0.2) is 52.9 Å². The minimum absolute atomic E-state index is 0.0623. The summed E-state index contributed by atoms with van der Waals surface area (Å²) in [7, 11) is 0. The summed E-state index contributed by atoms with van der Waals surface area (Å²) in [5.41, 5.74) is 2.82. The minimum Gasteiger partial charge on any atom is -0.330 e. The molecular weight excluding hydrogens is 383 g/mol. The van der Waals surface area contributed by atoms with Crippen LogP contribution in [0.25, 0.3) is 0 Å². The molecule has 138 valence electrons. The highest BCUT2D eigenvalue weighted by Gasteiger charge is 2.30. The van der Waals surface area contributed by atoms with Gasteiger partial charge in [-0.25, -0.2) is 4.39 Å². The molecule has 1 aliphatic heterocycles. The molecule has 0 saturated carbocycles. The fraction of sp³-hybridized carbons (Fsp3) is 0.211. The molecule has 4 rings (SSSR count). The molecule has 1 aromatic heterocycles. The number of hydrogen-bond acceptors (Lipinski definition) is 6. The maximum absolute atomic E-state index is 13.3. The number of rotatable bonds is 5. The van der Waals surface area contributed by atoms with E-state index < -0.39 is 0 Å². The normalized spacial score (nSPS) is 15.6. The number of anilines is 3. The standard InChI is InChI=1S/C19H17FN4OS2/c1-12-9-13-5-2-3-8-16(13)24(12)17(25)11-26-19-23-22-18(27-19)21-15-7-4-6-14(20)10-15/h2-8,10,12H,9,11H2,1H3,(H,21,22)/t12-/m1/s1. The zero-order valence-electron chi connectivity index (χ0n) is 14.6. The van der Waals surface area contributed by atoms with Crippen molar-refractivity contribution in [3.05, 3.63) is 59.9 Å². The summed E-state index contributed by atoms with van der Waals surface area (Å²) in [6.07, 6.45) is 0.882. The summed E-state index contributed by atoms with van der Waals surface area (Å²) in [6.45, 7) is 2.06. The number of carbonyl (C=O) groups is 1. The third-order valence-corrected chi connectivity index (χ3v) is 6.23. The number of thioether (sulfide) groups is 1. The highest BCUT2D eigenvalue weighted by atomic mass is 32.2. The second-order valence-electron chi connectivity index (χ2n) is 6.24. The van der Waals surface area contributed by atoms with E-state index in [1.165, 1.54) is 40.8 Å². The van der Waals surface area contributed by atoms with Gasteiger partial charge in [0.1, 0.15) is 5.82 Å². The van der Waals surface area contributed by atoms with Crippen LogP contribution in [0.4, 0.5) is 20.9 Å². The van der Waals surface area contributed by atoms with Gasteiger partial charge in [0, 0.05) is 17.4 Å². The van der Waals surface area contributed by atoms with Crippen molar-refractivity contribution >= 4 is 45.5 Å². The van der Waals surface area contributed by atoms with Gasteiger partial charge in [0.2, 0.25) is 11.0 Å². The lowest BCUT2D eigenvalue weighted by molar-refractivity contribution is -0.116. The summed E-state index contributed by atoms with van der Waals surface area (Å²) in [6, 6.07) is 14.3. The Hall–Kier alpha value is -2.45. The van der Waals surface area contributed by atoms with Crippen molar-refractivity contribution in [2.24, 2.45) is 0 Å². The molecule has 0 aliphatic carbocycles. The molecule has 0 fully saturated rings. The van der Waals surface area contributed by atoms with Crippen molar-refractivity contribution in [1.82, 2.24) is 10.2 Å². The van der Waals surface area contributed by atoms with E-state index in [4.69, 9.17) is 0 Å². The summed E-state index contributed by atoms with van der Waals surface area (Å²) >= 11 is 2.71. The maximum atomic E-state index is 13.3. The first-order chi connectivity index (χ1) is 13.1. The van der Waals surface area contributed by atoms with E-state index in [1.54, 1.807) is 12.1 Å². The van der Waals surface area contributed by atoms with E-state index in [9.17, 15) is 9.18 Å². The van der Waals surface area contributed by atoms with Crippen LogP contribution in [0, 0.1) is 5.82 Å². The zero-order chi connectivity index (χ0) is 18.8. The second kappa shape index (κ2) is 7.66. The van der Waals surface area contributed by atoms with Crippen molar-refractivity contribution < 1.29 is 9.18 Å². The second-order valence-corrected chi connectivity index (χ2v) is 8.44. The van der Waals surface area contributed by atoms with Crippen LogP contribution in [0.1, 0.15) is 12.5 Å². The Kier molecular flexibility index (Phi) is 5.09. The first-order valence-electron chi connectivity index (χ1n) is 8.49. The number of para-hydroxylation sites is 1. The lowest BCUT2D eigenvalue weighted by atomic mass is 10.1. The summed E-state index contributed by atoms with van der Waals surface area (Å²) in [5.74, 6) is 0.0461. The molecule has 2 aromatic carbocycles. The van der Waals surface area contributed by atoms with Crippen molar-refractivity contribution in [3.63, 3.8) is 0 Å². The fourth-order valence-corrected chi connectivity index (χ4v) is 4.78. The third kappa shape index (κ3) is 3.96. The molecule has 0 saturated heterocycles. The topological polar surface area (TPSA) is 58.1 Å². The third-order valence-electron chi connectivity index (χ3n) is 4.28. The van der Waals surface area contributed by atoms with Gasteiger partial charge in [-0.15, -0.1) is 10.2 Å². The number of amides is 1. The zero-order valence-corrected chi connectivity index (χ0v) is 16.2. The molecular formula is C19H17FN4OS2. The molecule has 1 amide bonds. The predicted octanol–water partition coefficient (Wildman–Crippen LogP) is 4.49. The summed E-state index contributed by atoms with van der Waals surface area (Å²) in [4.78, 5) is 14.6. The van der Waals surface area contributed by atoms with Gasteiger partial charge in [0.15, 0.2) is 4.34 Å². The van der Waals surface area contributed by atoms with E-state index >= 15 is 0 Å². The number of hydrogen-bond donors (Lipinski definition) is 1. The molecule has 0 spiro atoms. The van der Waals surface area contributed by atoms with Gasteiger partial charge >= 0.3 is 0 Å². The number of aromatic nitrogens is 2. The molecule has 5 nitrogen and oxygen atoms in total. The lowest BCUT2D eigenvalue weighted by Gasteiger charge is -2.22. The van der Waals surface area contributed by atoms with Gasteiger partial charge in [-0.3, -0.25) is 4.79 Å². The van der Waals surface area contributed by atoms with Crippen molar-refractivity contribution in [2.75, 3.05) is 16.0 Å². The van der Waals surface area contributed by atoms with E-state index in [2.05, 4.69) is 28.5 Å². The highest BCUT2D eigenvalue weighted by Crippen LogP contribution is 2.33. The minimum atomic E-state index is -0.315. The molecule has 1 N–H and O–H groups in total. The van der Waals surface area contributed by atoms with Gasteiger partial charge in [-0.2, -0.15) is 0 Å². The van der Waals surface area contributed by atoms with Crippen LogP contribution in [-0.2, 0) is 11.2 Å². The van der Waals surface area contributed by atoms with Gasteiger partial charge in [0.05, 0.1) is 5.75 Å². The van der Waals surface area contributed by atoms with Crippen molar-refractivity contribution in [1.29, 1.82) is 0 Å². The average Bonchev–Trinajstić information content (AvgIpc) is 3.22. The number of carbonyl (C=O) groups excluding carboxylic acids is 1. The first kappa shape index (κ1) is 17.9. The van der Waals surface area contributed by atoms with Crippen LogP contribution in [0.3, 0.4) is 0 Å². The highest BCUT2D eigenvalue weighted by molar-refractivity contribution is 8.01. The molecule has 0 bridgehead atoms. The van der Waals surface area contributed by atoms with Gasteiger partial charge in [-0.1, -0.05) is 47.4 Å². The Balaban J connectivity index is 1.38. The van der Waals surface area contributed by atoms with Crippen LogP contribution >= 0.6 is 23.1 Å². The Morgan fingerprint density at radius 2 is 2.15 bits per heavy atom. The van der Waals surface area contributed by atoms with Crippen LogP contribution in [0.2, 0.25) is 0 Å². The number of fused-ring (bicyclic) bond motifs is 1. The largest absolute Gasteiger partial charge is 0.330 e. The molecule has 2 heterocycles. The summed E-state index contributed by atoms with van der Waals surface area (Å²) < 4.78 is 13.9. The van der Waals surface area contributed by atoms with Crippen LogP contribution < -0.4 is 10.2 Å². The molecule has 1 aliphatic rings. The maximum Gasteiger partial charge on any atom is 0.237 e. The molecule has 0 radical (unpaired) electrons. The van der Waals surface area contributed by atoms with Gasteiger partial charge in [-0.05, 0) is 43.2 Å². The van der Waals surface area contributed by atoms with E-state index in [-0.39, 0.29) is 17.8 Å². The lowest BCUT2D eigenvalue weighted by Crippen LogP contribution is -2.36. The molecule has 27 heavy (non-hydrogen) atoms. The van der Waals surface area contributed by atoms with Gasteiger partial charge in [0.25, 0.3) is 0 Å². The number of benzene rings is 2. The SMILES string of the molecule is C[C@@H]1Cc2ccccc2N1C(=O)CSc1nnc(Nc2cccc(F)c2)s1. The van der Waals surface area contributed by atoms with E-state index in [0.29, 0.717) is 20.9 Å². The summed E-state index contributed by atoms with van der Waals surface area (Å²) in [5, 5.41) is 11.7. The van der Waals surface area contributed by atoms with E-state index in [1.807, 2.05) is 23.1 Å². The fourth-order valence-electron chi connectivity index (χ4n) is 3.15. The van der Waals surface area contributed by atoms with Crippen molar-refractivity contribution in [2.45, 2.75) is 23.7 Å². The number of nitrogens with zero attached hydrogens (tertiary/aromatic N) is 3. The predicted molar refractivity (Wildman–Crippen MR) is 107 cm³/mol. The smallest absolute Gasteiger partial charge is 0.237 e.